The van der Waals surface area contributed by atoms with Crippen molar-refractivity contribution in [3.8, 4) is 5.75 Å². The summed E-state index contributed by atoms with van der Waals surface area (Å²) in [7, 11) is 1.77. The smallest absolute Gasteiger partial charge is 0.191 e. The number of rotatable bonds is 5. The zero-order valence-corrected chi connectivity index (χ0v) is 15.3. The van der Waals surface area contributed by atoms with Crippen molar-refractivity contribution in [2.45, 2.75) is 39.8 Å². The number of halogens is 1. The molecule has 0 saturated heterocycles. The van der Waals surface area contributed by atoms with E-state index in [0.29, 0.717) is 12.6 Å². The van der Waals surface area contributed by atoms with Crippen LogP contribution in [0.4, 0.5) is 0 Å². The molecule has 0 heterocycles. The van der Waals surface area contributed by atoms with E-state index in [9.17, 15) is 0 Å². The maximum atomic E-state index is 5.82. The fraction of sp³-hybridized carbons (Fsp3) is 0.533. The van der Waals surface area contributed by atoms with Crippen molar-refractivity contribution in [3.05, 3.63) is 29.8 Å². The highest BCUT2D eigenvalue weighted by Crippen LogP contribution is 2.12. The average Bonchev–Trinajstić information content (AvgIpc) is 2.37. The number of aryl methyl sites for hydroxylation is 1. The second-order valence-electron chi connectivity index (χ2n) is 4.99. The van der Waals surface area contributed by atoms with Crippen LogP contribution in [0.1, 0.15) is 26.3 Å². The Morgan fingerprint density at radius 3 is 2.30 bits per heavy atom. The molecule has 20 heavy (non-hydrogen) atoms. The molecular weight excluding hydrogens is 365 g/mol. The van der Waals surface area contributed by atoms with Crippen LogP contribution in [0.15, 0.2) is 29.3 Å². The number of benzene rings is 1. The molecule has 0 aliphatic carbocycles. The van der Waals surface area contributed by atoms with E-state index in [4.69, 9.17) is 4.74 Å². The van der Waals surface area contributed by atoms with Crippen LogP contribution in [0.3, 0.4) is 0 Å². The van der Waals surface area contributed by atoms with Gasteiger partial charge in [-0.2, -0.15) is 0 Å². The number of guanidine groups is 1. The van der Waals surface area contributed by atoms with Crippen LogP contribution in [0.2, 0.25) is 0 Å². The molecule has 4 nitrogen and oxygen atoms in total. The lowest BCUT2D eigenvalue weighted by Gasteiger charge is -2.19. The van der Waals surface area contributed by atoms with E-state index < -0.39 is 0 Å². The molecule has 1 rings (SSSR count). The number of aliphatic imine (C=N–C) groups is 1. The molecule has 1 atom stereocenters. The lowest BCUT2D eigenvalue weighted by Crippen LogP contribution is -2.44. The molecule has 0 radical (unpaired) electrons. The van der Waals surface area contributed by atoms with Gasteiger partial charge in [-0.15, -0.1) is 24.0 Å². The summed E-state index contributed by atoms with van der Waals surface area (Å²) in [5, 5.41) is 6.49. The predicted octanol–water partition coefficient (Wildman–Crippen LogP) is 2.95. The molecule has 0 spiro atoms. The first-order valence-corrected chi connectivity index (χ1v) is 6.71. The van der Waals surface area contributed by atoms with Gasteiger partial charge >= 0.3 is 0 Å². The van der Waals surface area contributed by atoms with Gasteiger partial charge in [0.15, 0.2) is 5.96 Å². The summed E-state index contributed by atoms with van der Waals surface area (Å²) in [5.41, 5.74) is 1.24. The first-order chi connectivity index (χ1) is 9.01. The minimum Gasteiger partial charge on any atom is -0.489 e. The number of nitrogens with one attached hydrogen (secondary N) is 2. The summed E-state index contributed by atoms with van der Waals surface area (Å²) in [6.45, 7) is 8.98. The highest BCUT2D eigenvalue weighted by Gasteiger charge is 2.06. The number of ether oxygens (including phenoxy) is 1. The molecule has 0 bridgehead atoms. The van der Waals surface area contributed by atoms with Crippen LogP contribution in [0.5, 0.6) is 5.75 Å². The van der Waals surface area contributed by atoms with E-state index in [1.54, 1.807) is 7.05 Å². The van der Waals surface area contributed by atoms with Gasteiger partial charge < -0.3 is 15.4 Å². The highest BCUT2D eigenvalue weighted by molar-refractivity contribution is 14.0. The first-order valence-electron chi connectivity index (χ1n) is 6.71. The van der Waals surface area contributed by atoms with E-state index in [1.807, 2.05) is 19.1 Å². The Bertz CT molecular complexity index is 404. The van der Waals surface area contributed by atoms with Crippen LogP contribution >= 0.6 is 24.0 Å². The van der Waals surface area contributed by atoms with Gasteiger partial charge in [0.25, 0.3) is 0 Å². The van der Waals surface area contributed by atoms with E-state index in [2.05, 4.69) is 48.5 Å². The fourth-order valence-electron chi connectivity index (χ4n) is 1.60. The monoisotopic (exact) mass is 391 g/mol. The van der Waals surface area contributed by atoms with E-state index in [-0.39, 0.29) is 30.1 Å². The van der Waals surface area contributed by atoms with Crippen molar-refractivity contribution in [2.24, 2.45) is 4.99 Å². The Balaban J connectivity index is 0.00000361. The van der Waals surface area contributed by atoms with E-state index in [0.717, 1.165) is 11.7 Å². The second kappa shape index (κ2) is 9.85. The van der Waals surface area contributed by atoms with Gasteiger partial charge in [0.1, 0.15) is 11.9 Å². The molecule has 0 amide bonds. The Labute approximate surface area is 139 Å². The van der Waals surface area contributed by atoms with Gasteiger partial charge in [-0.1, -0.05) is 17.7 Å². The summed E-state index contributed by atoms with van der Waals surface area (Å²) >= 11 is 0. The third-order valence-corrected chi connectivity index (χ3v) is 2.56. The zero-order valence-electron chi connectivity index (χ0n) is 12.9. The maximum Gasteiger partial charge on any atom is 0.191 e. The normalized spacial score (nSPS) is 12.6. The summed E-state index contributed by atoms with van der Waals surface area (Å²) in [6, 6.07) is 8.45. The van der Waals surface area contributed by atoms with Crippen molar-refractivity contribution in [1.29, 1.82) is 0 Å². The molecule has 114 valence electrons. The van der Waals surface area contributed by atoms with Crippen LogP contribution in [0, 0.1) is 6.92 Å². The Kier molecular flexibility index (Phi) is 9.37. The summed E-state index contributed by atoms with van der Waals surface area (Å²) in [6.07, 6.45) is 0.0772. The summed E-state index contributed by atoms with van der Waals surface area (Å²) < 4.78 is 5.82. The van der Waals surface area contributed by atoms with Crippen LogP contribution in [-0.2, 0) is 0 Å². The molecule has 5 heteroatoms. The predicted molar refractivity (Wildman–Crippen MR) is 96.3 cm³/mol. The first kappa shape index (κ1) is 19.0. The van der Waals surface area contributed by atoms with Crippen LogP contribution in [0.25, 0.3) is 0 Å². The van der Waals surface area contributed by atoms with Crippen molar-refractivity contribution < 1.29 is 4.74 Å². The molecule has 0 aliphatic heterocycles. The van der Waals surface area contributed by atoms with Gasteiger partial charge in [0.05, 0.1) is 6.54 Å². The molecule has 1 unspecified atom stereocenters. The Hall–Kier alpha value is -0.980. The average molecular weight is 391 g/mol. The van der Waals surface area contributed by atoms with Gasteiger partial charge in [-0.3, -0.25) is 4.99 Å². The van der Waals surface area contributed by atoms with Crippen molar-refractivity contribution in [1.82, 2.24) is 10.6 Å². The Morgan fingerprint density at radius 1 is 1.20 bits per heavy atom. The molecular formula is C15H26IN3O. The standard InChI is InChI=1S/C15H25N3O.HI/c1-11(2)18-15(16-5)17-10-13(4)19-14-8-6-12(3)7-9-14;/h6-9,11,13H,10H2,1-5H3,(H2,16,17,18);1H. The van der Waals surface area contributed by atoms with Crippen molar-refractivity contribution >= 4 is 29.9 Å². The second-order valence-corrected chi connectivity index (χ2v) is 4.99. The summed E-state index contributed by atoms with van der Waals surface area (Å²) in [4.78, 5) is 4.16. The zero-order chi connectivity index (χ0) is 14.3. The SMILES string of the molecule is CN=C(NCC(C)Oc1ccc(C)cc1)NC(C)C.I. The number of hydrogen-bond donors (Lipinski definition) is 2. The highest BCUT2D eigenvalue weighted by atomic mass is 127. The van der Waals surface area contributed by atoms with E-state index >= 15 is 0 Å². The quantitative estimate of drug-likeness (QED) is 0.461. The van der Waals surface area contributed by atoms with Gasteiger partial charge in [0.2, 0.25) is 0 Å². The molecule has 0 fully saturated rings. The minimum absolute atomic E-state index is 0. The van der Waals surface area contributed by atoms with Gasteiger partial charge in [-0.05, 0) is 39.8 Å². The lowest BCUT2D eigenvalue weighted by atomic mass is 10.2. The van der Waals surface area contributed by atoms with Crippen LogP contribution in [-0.4, -0.2) is 31.7 Å². The maximum absolute atomic E-state index is 5.82. The third kappa shape index (κ3) is 7.57. The van der Waals surface area contributed by atoms with Crippen LogP contribution < -0.4 is 15.4 Å². The topological polar surface area (TPSA) is 45.7 Å². The summed E-state index contributed by atoms with van der Waals surface area (Å²) in [5.74, 6) is 1.70. The fourth-order valence-corrected chi connectivity index (χ4v) is 1.60. The van der Waals surface area contributed by atoms with E-state index in [1.165, 1.54) is 5.56 Å². The molecule has 0 saturated carbocycles. The third-order valence-electron chi connectivity index (χ3n) is 2.56. The Morgan fingerprint density at radius 2 is 1.80 bits per heavy atom. The number of nitrogens with zero attached hydrogens (tertiary/aromatic N) is 1. The van der Waals surface area contributed by atoms with Crippen molar-refractivity contribution in [3.63, 3.8) is 0 Å². The molecule has 1 aromatic rings. The number of hydrogen-bond acceptors (Lipinski definition) is 2. The lowest BCUT2D eigenvalue weighted by molar-refractivity contribution is 0.223. The molecule has 0 aliphatic rings. The van der Waals surface area contributed by atoms with Gasteiger partial charge in [0, 0.05) is 13.1 Å². The van der Waals surface area contributed by atoms with Crippen molar-refractivity contribution in [2.75, 3.05) is 13.6 Å². The molecule has 1 aromatic carbocycles. The molecule has 0 aromatic heterocycles. The van der Waals surface area contributed by atoms with Gasteiger partial charge in [-0.25, -0.2) is 0 Å². The largest absolute Gasteiger partial charge is 0.489 e. The minimum atomic E-state index is 0. The molecule has 2 N–H and O–H groups in total.